The summed E-state index contributed by atoms with van der Waals surface area (Å²) in [5.41, 5.74) is 4.83. The molecule has 2 N–H and O–H groups in total. The molecule has 1 aliphatic rings. The lowest BCUT2D eigenvalue weighted by molar-refractivity contribution is -0.121. The molecule has 7 heteroatoms. The average Bonchev–Trinajstić information content (AvgIpc) is 3.18. The molecule has 31 heavy (non-hydrogen) atoms. The van der Waals surface area contributed by atoms with Gasteiger partial charge in [0, 0.05) is 31.0 Å². The van der Waals surface area contributed by atoms with Gasteiger partial charge < -0.3 is 5.32 Å². The number of sulfonamides is 1. The number of fused-ring (bicyclic) bond motifs is 1. The van der Waals surface area contributed by atoms with Crippen molar-refractivity contribution in [2.75, 3.05) is 0 Å². The highest BCUT2D eigenvalue weighted by Gasteiger charge is 2.15. The van der Waals surface area contributed by atoms with Crippen LogP contribution < -0.4 is 10.0 Å². The minimum atomic E-state index is -3.37. The molecule has 0 bridgehead atoms. The van der Waals surface area contributed by atoms with E-state index in [2.05, 4.69) is 10.0 Å². The van der Waals surface area contributed by atoms with E-state index in [-0.39, 0.29) is 36.3 Å². The zero-order valence-corrected chi connectivity index (χ0v) is 18.9. The Morgan fingerprint density at radius 1 is 0.935 bits per heavy atom. The molecule has 3 rings (SSSR count). The maximum atomic E-state index is 12.4. The summed E-state index contributed by atoms with van der Waals surface area (Å²) >= 11 is 0. The fourth-order valence-electron chi connectivity index (χ4n) is 3.78. The molecule has 166 valence electrons. The number of aryl methyl sites for hydroxylation is 2. The summed E-state index contributed by atoms with van der Waals surface area (Å²) in [5.74, 6) is -0.268. The molecule has 0 atom stereocenters. The highest BCUT2D eigenvalue weighted by atomic mass is 32.2. The van der Waals surface area contributed by atoms with Gasteiger partial charge in [-0.25, -0.2) is 13.1 Å². The fraction of sp³-hybridized carbons (Fsp3) is 0.417. The maximum Gasteiger partial charge on any atom is 0.220 e. The van der Waals surface area contributed by atoms with Crippen LogP contribution in [0.25, 0.3) is 0 Å². The maximum absolute atomic E-state index is 12.4. The van der Waals surface area contributed by atoms with E-state index >= 15 is 0 Å². The van der Waals surface area contributed by atoms with Gasteiger partial charge in [-0.1, -0.05) is 36.4 Å². The largest absolute Gasteiger partial charge is 0.352 e. The second-order valence-corrected chi connectivity index (χ2v) is 10.1. The molecule has 0 saturated carbocycles. The third-order valence-electron chi connectivity index (χ3n) is 5.28. The van der Waals surface area contributed by atoms with Crippen LogP contribution in [0.4, 0.5) is 0 Å². The molecule has 0 unspecified atom stereocenters. The average molecular weight is 443 g/mol. The number of benzene rings is 2. The van der Waals surface area contributed by atoms with Crippen molar-refractivity contribution >= 4 is 21.7 Å². The molecule has 0 saturated heterocycles. The minimum Gasteiger partial charge on any atom is -0.352 e. The Morgan fingerprint density at radius 3 is 2.32 bits per heavy atom. The molecule has 6 nitrogen and oxygen atoms in total. The number of hydrogen-bond donors (Lipinski definition) is 2. The molecule has 0 aromatic heterocycles. The number of hydrogen-bond acceptors (Lipinski definition) is 4. The summed E-state index contributed by atoms with van der Waals surface area (Å²) in [7, 11) is -3.37. The number of rotatable bonds is 10. The van der Waals surface area contributed by atoms with Crippen molar-refractivity contribution in [1.29, 1.82) is 0 Å². The van der Waals surface area contributed by atoms with Crippen LogP contribution in [-0.2, 0) is 40.0 Å². The van der Waals surface area contributed by atoms with Crippen LogP contribution in [0.3, 0.4) is 0 Å². The molecule has 0 aliphatic heterocycles. The summed E-state index contributed by atoms with van der Waals surface area (Å²) in [5, 5.41) is 2.82. The van der Waals surface area contributed by atoms with Gasteiger partial charge in [0.2, 0.25) is 15.9 Å². The summed E-state index contributed by atoms with van der Waals surface area (Å²) in [6.45, 7) is 3.90. The van der Waals surface area contributed by atoms with Gasteiger partial charge in [-0.05, 0) is 61.4 Å². The van der Waals surface area contributed by atoms with Crippen molar-refractivity contribution in [1.82, 2.24) is 10.0 Å². The molecular formula is C24H30N2O4S. The number of Topliss-reactive ketones (excluding diaryl/α,β-unsaturated/α-hetero) is 1. The highest BCUT2D eigenvalue weighted by molar-refractivity contribution is 7.88. The van der Waals surface area contributed by atoms with E-state index < -0.39 is 10.0 Å². The van der Waals surface area contributed by atoms with Crippen LogP contribution in [0.5, 0.6) is 0 Å². The van der Waals surface area contributed by atoms with E-state index in [1.54, 1.807) is 38.1 Å². The van der Waals surface area contributed by atoms with E-state index in [0.29, 0.717) is 17.7 Å². The van der Waals surface area contributed by atoms with E-state index in [1.165, 1.54) is 11.1 Å². The standard InChI is InChI=1S/C24H30N2O4S/c1-17(2)26-31(29,30)16-19-8-6-18(7-9-19)15-25-24(28)13-12-23(27)22-11-10-20-4-3-5-21(20)14-22/h6-11,14,17,26H,3-5,12-13,15-16H2,1-2H3,(H,25,28). The third kappa shape index (κ3) is 7.01. The Balaban J connectivity index is 1.43. The lowest BCUT2D eigenvalue weighted by Crippen LogP contribution is -2.31. The minimum absolute atomic E-state index is 0.00887. The zero-order valence-electron chi connectivity index (χ0n) is 18.1. The summed E-state index contributed by atoms with van der Waals surface area (Å²) in [6, 6.07) is 12.8. The first-order chi connectivity index (χ1) is 14.7. The Labute approximate surface area is 184 Å². The Bertz CT molecular complexity index is 1040. The molecule has 0 spiro atoms. The predicted octanol–water partition coefficient (Wildman–Crippen LogP) is 3.28. The molecule has 0 radical (unpaired) electrons. The topological polar surface area (TPSA) is 92.3 Å². The zero-order chi connectivity index (χ0) is 22.4. The van der Waals surface area contributed by atoms with E-state index in [4.69, 9.17) is 0 Å². The second kappa shape index (κ2) is 10.2. The molecule has 1 amide bonds. The lowest BCUT2D eigenvalue weighted by atomic mass is 10.0. The van der Waals surface area contributed by atoms with Gasteiger partial charge in [0.1, 0.15) is 0 Å². The highest BCUT2D eigenvalue weighted by Crippen LogP contribution is 2.23. The third-order valence-corrected chi connectivity index (χ3v) is 6.83. The monoisotopic (exact) mass is 442 g/mol. The first kappa shape index (κ1) is 23.2. The van der Waals surface area contributed by atoms with Gasteiger partial charge in [-0.3, -0.25) is 9.59 Å². The van der Waals surface area contributed by atoms with Gasteiger partial charge in [-0.2, -0.15) is 0 Å². The van der Waals surface area contributed by atoms with Gasteiger partial charge in [0.05, 0.1) is 5.75 Å². The van der Waals surface area contributed by atoms with Crippen molar-refractivity contribution in [2.45, 2.75) is 64.3 Å². The number of carbonyl (C=O) groups is 2. The van der Waals surface area contributed by atoms with Gasteiger partial charge in [-0.15, -0.1) is 0 Å². The van der Waals surface area contributed by atoms with Crippen molar-refractivity contribution in [3.05, 3.63) is 70.3 Å². The van der Waals surface area contributed by atoms with Crippen molar-refractivity contribution in [3.63, 3.8) is 0 Å². The molecule has 0 fully saturated rings. The van der Waals surface area contributed by atoms with Crippen molar-refractivity contribution in [3.8, 4) is 0 Å². The molecular weight excluding hydrogens is 412 g/mol. The lowest BCUT2D eigenvalue weighted by Gasteiger charge is -2.10. The fourth-order valence-corrected chi connectivity index (χ4v) is 5.21. The van der Waals surface area contributed by atoms with Crippen LogP contribution in [0.2, 0.25) is 0 Å². The number of amides is 1. The smallest absolute Gasteiger partial charge is 0.220 e. The van der Waals surface area contributed by atoms with Crippen LogP contribution in [0.15, 0.2) is 42.5 Å². The predicted molar refractivity (Wildman–Crippen MR) is 121 cm³/mol. The molecule has 2 aromatic rings. The SMILES string of the molecule is CC(C)NS(=O)(=O)Cc1ccc(CNC(=O)CCC(=O)c2ccc3c(c2)CCC3)cc1. The summed E-state index contributed by atoms with van der Waals surface area (Å²) in [4.78, 5) is 24.6. The quantitative estimate of drug-likeness (QED) is 0.552. The van der Waals surface area contributed by atoms with Gasteiger partial charge in [0.15, 0.2) is 5.78 Å². The van der Waals surface area contributed by atoms with E-state index in [1.807, 2.05) is 18.2 Å². The van der Waals surface area contributed by atoms with Gasteiger partial charge in [0.25, 0.3) is 0 Å². The first-order valence-corrected chi connectivity index (χ1v) is 12.4. The normalized spacial score (nSPS) is 13.3. The summed E-state index contributed by atoms with van der Waals surface area (Å²) < 4.78 is 26.6. The van der Waals surface area contributed by atoms with Crippen LogP contribution in [0, 0.1) is 0 Å². The number of nitrogens with one attached hydrogen (secondary N) is 2. The summed E-state index contributed by atoms with van der Waals surface area (Å²) in [6.07, 6.45) is 3.58. The first-order valence-electron chi connectivity index (χ1n) is 10.7. The van der Waals surface area contributed by atoms with Crippen molar-refractivity contribution < 1.29 is 18.0 Å². The second-order valence-electron chi connectivity index (χ2n) is 8.39. The Hall–Kier alpha value is -2.51. The van der Waals surface area contributed by atoms with Crippen molar-refractivity contribution in [2.24, 2.45) is 0 Å². The van der Waals surface area contributed by atoms with E-state index in [0.717, 1.165) is 24.8 Å². The van der Waals surface area contributed by atoms with Crippen LogP contribution in [-0.4, -0.2) is 26.2 Å². The molecule has 1 aliphatic carbocycles. The van der Waals surface area contributed by atoms with Crippen LogP contribution in [0.1, 0.15) is 65.7 Å². The number of ketones is 1. The van der Waals surface area contributed by atoms with Crippen LogP contribution >= 0.6 is 0 Å². The van der Waals surface area contributed by atoms with E-state index in [9.17, 15) is 18.0 Å². The number of carbonyl (C=O) groups excluding carboxylic acids is 2. The molecule has 0 heterocycles. The Morgan fingerprint density at radius 2 is 1.61 bits per heavy atom. The van der Waals surface area contributed by atoms with Gasteiger partial charge >= 0.3 is 0 Å². The molecule has 2 aromatic carbocycles. The Kier molecular flexibility index (Phi) is 7.62.